The third-order valence-electron chi connectivity index (χ3n) is 15.3. The first-order valence-corrected chi connectivity index (χ1v) is 23.9. The van der Waals surface area contributed by atoms with Crippen molar-refractivity contribution in [2.24, 2.45) is 0 Å². The normalized spacial score (nSPS) is 13.0. The van der Waals surface area contributed by atoms with E-state index in [4.69, 9.17) is 4.42 Å². The molecule has 0 bridgehead atoms. The van der Waals surface area contributed by atoms with Crippen LogP contribution in [0.2, 0.25) is 0 Å². The van der Waals surface area contributed by atoms with Crippen molar-refractivity contribution in [3.05, 3.63) is 271 Å². The Hall–Kier alpha value is -8.98. The van der Waals surface area contributed by atoms with E-state index in [9.17, 15) is 0 Å². The first kappa shape index (κ1) is 38.2. The summed E-state index contributed by atoms with van der Waals surface area (Å²) in [5.74, 6) is 0. The van der Waals surface area contributed by atoms with Gasteiger partial charge in [0.1, 0.15) is 11.2 Å². The highest BCUT2D eigenvalue weighted by atomic mass is 16.3. The highest BCUT2D eigenvalue weighted by Crippen LogP contribution is 2.63. The molecule has 0 N–H and O–H groups in total. The van der Waals surface area contributed by atoms with Crippen molar-refractivity contribution in [2.75, 3.05) is 4.90 Å². The standard InChI is InChI=1S/C67H41NO/c1-2-16-42(17-3-1)43-32-34-45(35-33-43)68(47-36-37-52-51-22-8-12-30-60(51)67(61(52)41-47)58-28-10-6-20-49(58)50-21-7-11-29-59(50)67)46-19-14-18-44(40-46)48-26-15-27-54-56-38-39-63-66(57-25-9-13-31-62(57)69-63)65(56)55-24-5-4-23-53(55)64(48)54/h1-41H. The zero-order valence-electron chi connectivity index (χ0n) is 37.5. The van der Waals surface area contributed by atoms with E-state index in [1.165, 1.54) is 98.9 Å². The van der Waals surface area contributed by atoms with Gasteiger partial charge in [-0.15, -0.1) is 0 Å². The third kappa shape index (κ3) is 5.31. The summed E-state index contributed by atoms with van der Waals surface area (Å²) in [6.45, 7) is 0. The Morgan fingerprint density at radius 2 is 0.754 bits per heavy atom. The lowest BCUT2D eigenvalue weighted by molar-refractivity contribution is 0.669. The summed E-state index contributed by atoms with van der Waals surface area (Å²) in [4.78, 5) is 2.46. The van der Waals surface area contributed by atoms with Crippen molar-refractivity contribution in [3.63, 3.8) is 0 Å². The predicted octanol–water partition coefficient (Wildman–Crippen LogP) is 18.2. The number of furan rings is 1. The largest absolute Gasteiger partial charge is 0.456 e. The first-order valence-electron chi connectivity index (χ1n) is 23.9. The van der Waals surface area contributed by atoms with Crippen LogP contribution in [0.25, 0.3) is 98.8 Å². The minimum Gasteiger partial charge on any atom is -0.456 e. The highest BCUT2D eigenvalue weighted by molar-refractivity contribution is 6.36. The van der Waals surface area contributed by atoms with Gasteiger partial charge in [0.25, 0.3) is 0 Å². The molecule has 69 heavy (non-hydrogen) atoms. The summed E-state index contributed by atoms with van der Waals surface area (Å²) in [6, 6.07) is 91.9. The average Bonchev–Trinajstić information content (AvgIpc) is 4.05. The van der Waals surface area contributed by atoms with Crippen molar-refractivity contribution >= 4 is 71.3 Å². The summed E-state index contributed by atoms with van der Waals surface area (Å²) in [5, 5.41) is 9.71. The van der Waals surface area contributed by atoms with Gasteiger partial charge < -0.3 is 9.32 Å². The topological polar surface area (TPSA) is 16.4 Å². The predicted molar refractivity (Wildman–Crippen MR) is 288 cm³/mol. The maximum absolute atomic E-state index is 6.45. The van der Waals surface area contributed by atoms with E-state index in [0.717, 1.165) is 39.2 Å². The maximum Gasteiger partial charge on any atom is 0.136 e. The Balaban J connectivity index is 0.961. The number of fused-ring (bicyclic) bond motifs is 20. The van der Waals surface area contributed by atoms with Crippen LogP contribution in [0.4, 0.5) is 17.1 Å². The number of hydrogen-bond donors (Lipinski definition) is 0. The fraction of sp³-hybridized carbons (Fsp3) is 0.0149. The van der Waals surface area contributed by atoms with Gasteiger partial charge in [0.05, 0.1) is 5.41 Å². The first-order chi connectivity index (χ1) is 34.2. The fourth-order valence-electron chi connectivity index (χ4n) is 12.5. The van der Waals surface area contributed by atoms with Crippen molar-refractivity contribution in [2.45, 2.75) is 5.41 Å². The van der Waals surface area contributed by atoms with E-state index < -0.39 is 5.41 Å². The van der Waals surface area contributed by atoms with Gasteiger partial charge in [-0.05, 0) is 148 Å². The van der Waals surface area contributed by atoms with Crippen molar-refractivity contribution in [1.29, 1.82) is 0 Å². The monoisotopic (exact) mass is 875 g/mol. The molecule has 2 aliphatic rings. The van der Waals surface area contributed by atoms with Crippen molar-refractivity contribution < 1.29 is 4.42 Å². The molecule has 0 unspecified atom stereocenters. The van der Waals surface area contributed by atoms with E-state index in [1.807, 2.05) is 0 Å². The number of rotatable bonds is 5. The second-order valence-electron chi connectivity index (χ2n) is 18.6. The molecule has 2 nitrogen and oxygen atoms in total. The maximum atomic E-state index is 6.45. The molecule has 0 amide bonds. The van der Waals surface area contributed by atoms with Crippen LogP contribution in [-0.2, 0) is 5.41 Å². The highest BCUT2D eigenvalue weighted by Gasteiger charge is 2.51. The Morgan fingerprint density at radius 1 is 0.261 bits per heavy atom. The Labute approximate surface area is 399 Å². The van der Waals surface area contributed by atoms with Crippen LogP contribution < -0.4 is 4.90 Å². The molecule has 0 atom stereocenters. The average molecular weight is 876 g/mol. The van der Waals surface area contributed by atoms with Gasteiger partial charge in [-0.25, -0.2) is 0 Å². The van der Waals surface area contributed by atoms with Crippen LogP contribution in [0.3, 0.4) is 0 Å². The summed E-state index contributed by atoms with van der Waals surface area (Å²) in [7, 11) is 0. The van der Waals surface area contributed by atoms with Gasteiger partial charge in [-0.1, -0.05) is 194 Å². The molecule has 0 saturated heterocycles. The van der Waals surface area contributed by atoms with Crippen LogP contribution in [0, 0.1) is 0 Å². The Kier molecular flexibility index (Phi) is 8.02. The number of para-hydroxylation sites is 1. The third-order valence-corrected chi connectivity index (χ3v) is 15.3. The SMILES string of the molecule is c1ccc(-c2ccc(N(c3cccc(-c4cccc5c6ccc7oc8ccccc8c7c6c6ccccc6c45)c3)c3ccc4c(c3)C3(c5ccccc5-c5ccccc53)c3ccccc3-4)cc2)cc1. The second kappa shape index (κ2) is 14.5. The molecule has 1 spiro atoms. The smallest absolute Gasteiger partial charge is 0.136 e. The minimum atomic E-state index is -0.457. The van der Waals surface area contributed by atoms with Crippen LogP contribution in [0.15, 0.2) is 253 Å². The van der Waals surface area contributed by atoms with Gasteiger partial charge in [-0.2, -0.15) is 0 Å². The molecule has 13 aromatic rings. The number of nitrogens with zero attached hydrogens (tertiary/aromatic N) is 1. The summed E-state index contributed by atoms with van der Waals surface area (Å²) >= 11 is 0. The van der Waals surface area contributed by atoms with Gasteiger partial charge in [0.2, 0.25) is 0 Å². The summed E-state index contributed by atoms with van der Waals surface area (Å²) in [5.41, 5.74) is 19.9. The molecular weight excluding hydrogens is 835 g/mol. The molecule has 12 aromatic carbocycles. The number of anilines is 3. The summed E-state index contributed by atoms with van der Waals surface area (Å²) in [6.07, 6.45) is 0. The molecule has 2 heteroatoms. The molecule has 1 aromatic heterocycles. The Morgan fingerprint density at radius 3 is 1.46 bits per heavy atom. The molecule has 320 valence electrons. The number of hydrogen-bond acceptors (Lipinski definition) is 2. The molecule has 1 heterocycles. The van der Waals surface area contributed by atoms with Gasteiger partial charge in [0, 0.05) is 33.2 Å². The van der Waals surface area contributed by atoms with E-state index in [-0.39, 0.29) is 0 Å². The van der Waals surface area contributed by atoms with E-state index in [2.05, 4.69) is 254 Å². The lowest BCUT2D eigenvalue weighted by atomic mass is 9.70. The second-order valence-corrected chi connectivity index (χ2v) is 18.6. The molecule has 15 rings (SSSR count). The van der Waals surface area contributed by atoms with Crippen LogP contribution in [-0.4, -0.2) is 0 Å². The lowest BCUT2D eigenvalue weighted by Gasteiger charge is -2.32. The minimum absolute atomic E-state index is 0.457. The molecule has 0 fully saturated rings. The Bertz CT molecular complexity index is 4160. The zero-order valence-corrected chi connectivity index (χ0v) is 37.5. The quantitative estimate of drug-likeness (QED) is 0.160. The number of benzene rings is 12. The van der Waals surface area contributed by atoms with Crippen LogP contribution in [0.5, 0.6) is 0 Å². The lowest BCUT2D eigenvalue weighted by Crippen LogP contribution is -2.26. The fourth-order valence-corrected chi connectivity index (χ4v) is 12.5. The molecule has 0 aliphatic heterocycles. The van der Waals surface area contributed by atoms with Crippen LogP contribution >= 0.6 is 0 Å². The molecular formula is C67H41NO. The van der Waals surface area contributed by atoms with Crippen LogP contribution in [0.1, 0.15) is 22.3 Å². The van der Waals surface area contributed by atoms with E-state index in [0.29, 0.717) is 0 Å². The van der Waals surface area contributed by atoms with Crippen molar-refractivity contribution in [1.82, 2.24) is 0 Å². The molecule has 0 radical (unpaired) electrons. The molecule has 2 aliphatic carbocycles. The van der Waals surface area contributed by atoms with Gasteiger partial charge in [-0.3, -0.25) is 0 Å². The molecule has 0 saturated carbocycles. The van der Waals surface area contributed by atoms with Gasteiger partial charge in [0.15, 0.2) is 0 Å². The summed E-state index contributed by atoms with van der Waals surface area (Å²) < 4.78 is 6.45. The van der Waals surface area contributed by atoms with E-state index >= 15 is 0 Å². The zero-order chi connectivity index (χ0) is 45.2. The van der Waals surface area contributed by atoms with E-state index in [1.54, 1.807) is 0 Å². The van der Waals surface area contributed by atoms with Crippen molar-refractivity contribution in [3.8, 4) is 44.5 Å². The van der Waals surface area contributed by atoms with Gasteiger partial charge >= 0.3 is 0 Å².